The highest BCUT2D eigenvalue weighted by molar-refractivity contribution is 6.01. The van der Waals surface area contributed by atoms with Crippen molar-refractivity contribution in [2.75, 3.05) is 10.6 Å². The van der Waals surface area contributed by atoms with Crippen molar-refractivity contribution in [2.45, 2.75) is 6.18 Å². The first-order valence-corrected chi connectivity index (χ1v) is 9.48. The Kier molecular flexibility index (Phi) is 5.58. The van der Waals surface area contributed by atoms with Crippen LogP contribution in [0, 0.1) is 11.3 Å². The van der Waals surface area contributed by atoms with E-state index in [1.54, 1.807) is 36.1 Å². The largest absolute Gasteiger partial charge is 0.457 e. The Labute approximate surface area is 185 Å². The van der Waals surface area contributed by atoms with E-state index in [1.807, 2.05) is 6.07 Å². The molecular weight excluding hydrogens is 437 g/mol. The first-order valence-electron chi connectivity index (χ1n) is 9.48. The van der Waals surface area contributed by atoms with Gasteiger partial charge in [0.1, 0.15) is 23.3 Å². The number of nitrogens with one attached hydrogen (secondary N) is 2. The number of halogens is 3. The van der Waals surface area contributed by atoms with E-state index in [-0.39, 0.29) is 17.2 Å². The van der Waals surface area contributed by atoms with Crippen LogP contribution in [-0.4, -0.2) is 20.8 Å². The van der Waals surface area contributed by atoms with Crippen molar-refractivity contribution >= 4 is 28.3 Å². The Balaban J connectivity index is 1.54. The van der Waals surface area contributed by atoms with Crippen LogP contribution in [0.15, 0.2) is 60.9 Å². The molecule has 2 aromatic heterocycles. The lowest BCUT2D eigenvalue weighted by molar-refractivity contribution is -0.137. The number of fused-ring (bicyclic) bond motifs is 1. The summed E-state index contributed by atoms with van der Waals surface area (Å²) in [6.45, 7) is 0. The molecule has 0 saturated carbocycles. The van der Waals surface area contributed by atoms with Crippen molar-refractivity contribution in [3.8, 4) is 17.6 Å². The molecule has 8 nitrogen and oxygen atoms in total. The minimum absolute atomic E-state index is 0.0583. The van der Waals surface area contributed by atoms with Gasteiger partial charge in [-0.15, -0.1) is 0 Å². The number of hydrogen-bond acceptors (Lipinski definition) is 5. The molecule has 0 aliphatic carbocycles. The summed E-state index contributed by atoms with van der Waals surface area (Å²) in [5.74, 6) is 0.0318. The second kappa shape index (κ2) is 8.51. The van der Waals surface area contributed by atoms with E-state index in [9.17, 15) is 18.0 Å². The van der Waals surface area contributed by atoms with E-state index in [4.69, 9.17) is 10.00 Å². The molecule has 0 atom stereocenters. The number of urea groups is 1. The summed E-state index contributed by atoms with van der Waals surface area (Å²) < 4.78 is 48.0. The molecule has 0 aliphatic rings. The topological polar surface area (TPSA) is 105 Å². The van der Waals surface area contributed by atoms with Crippen LogP contribution in [0.4, 0.5) is 29.3 Å². The smallest absolute Gasteiger partial charge is 0.418 e. The number of amides is 2. The zero-order valence-corrected chi connectivity index (χ0v) is 17.0. The minimum atomic E-state index is -4.76. The van der Waals surface area contributed by atoms with Crippen LogP contribution in [0.25, 0.3) is 10.9 Å². The first-order chi connectivity index (χ1) is 15.7. The average Bonchev–Trinajstić information content (AvgIpc) is 3.14. The Morgan fingerprint density at radius 1 is 1.09 bits per heavy atom. The second-order valence-corrected chi connectivity index (χ2v) is 6.92. The number of carbonyl (C=O) groups excluding carboxylic acids is 1. The summed E-state index contributed by atoms with van der Waals surface area (Å²) in [6, 6.07) is 11.8. The van der Waals surface area contributed by atoms with Gasteiger partial charge in [0.15, 0.2) is 0 Å². The third-order valence-electron chi connectivity index (χ3n) is 4.63. The molecule has 11 heteroatoms. The monoisotopic (exact) mass is 452 g/mol. The summed E-state index contributed by atoms with van der Waals surface area (Å²) in [4.78, 5) is 16.1. The van der Waals surface area contributed by atoms with Gasteiger partial charge in [0.2, 0.25) is 0 Å². The molecule has 0 unspecified atom stereocenters. The minimum Gasteiger partial charge on any atom is -0.457 e. The van der Waals surface area contributed by atoms with E-state index in [1.165, 1.54) is 24.4 Å². The number of benzene rings is 2. The van der Waals surface area contributed by atoms with Crippen LogP contribution in [0.2, 0.25) is 0 Å². The van der Waals surface area contributed by atoms with Crippen molar-refractivity contribution in [1.82, 2.24) is 14.8 Å². The fourth-order valence-electron chi connectivity index (χ4n) is 3.13. The molecule has 0 fully saturated rings. The lowest BCUT2D eigenvalue weighted by atomic mass is 10.1. The van der Waals surface area contributed by atoms with E-state index < -0.39 is 23.5 Å². The lowest BCUT2D eigenvalue weighted by Crippen LogP contribution is -2.21. The summed E-state index contributed by atoms with van der Waals surface area (Å²) in [7, 11) is 1.77. The second-order valence-electron chi connectivity index (χ2n) is 6.92. The van der Waals surface area contributed by atoms with Gasteiger partial charge in [-0.25, -0.2) is 9.78 Å². The summed E-state index contributed by atoms with van der Waals surface area (Å²) in [5.41, 5.74) is -0.239. The van der Waals surface area contributed by atoms with Gasteiger partial charge < -0.3 is 15.4 Å². The number of aryl methyl sites for hydroxylation is 1. The number of hydrogen-bond donors (Lipinski definition) is 2. The standard InChI is InChI=1S/C22H15F3N6O2/c1-31-20-5-2-14(8-13(20)12-28-31)29-21(32)30-19-4-3-16(10-18(19)22(23,24)25)33-17-6-7-27-15(9-17)11-26/h2-10,12H,1H3,(H2,29,30,32). The predicted octanol–water partition coefficient (Wildman–Crippen LogP) is 5.30. The van der Waals surface area contributed by atoms with Gasteiger partial charge >= 0.3 is 12.2 Å². The third-order valence-corrected chi connectivity index (χ3v) is 4.63. The van der Waals surface area contributed by atoms with Crippen LogP contribution in [0.5, 0.6) is 11.5 Å². The Bertz CT molecular complexity index is 1390. The molecule has 2 heterocycles. The lowest BCUT2D eigenvalue weighted by Gasteiger charge is -2.16. The molecule has 33 heavy (non-hydrogen) atoms. The molecule has 166 valence electrons. The molecule has 4 aromatic rings. The Morgan fingerprint density at radius 2 is 1.88 bits per heavy atom. The zero-order chi connectivity index (χ0) is 23.6. The quantitative estimate of drug-likeness (QED) is 0.438. The summed E-state index contributed by atoms with van der Waals surface area (Å²) in [6.07, 6.45) is -1.84. The van der Waals surface area contributed by atoms with Gasteiger partial charge in [-0.1, -0.05) is 0 Å². The van der Waals surface area contributed by atoms with E-state index >= 15 is 0 Å². The Hall–Kier alpha value is -4.59. The van der Waals surface area contributed by atoms with Crippen LogP contribution in [0.3, 0.4) is 0 Å². The summed E-state index contributed by atoms with van der Waals surface area (Å²) >= 11 is 0. The first kappa shape index (κ1) is 21.6. The molecule has 2 amide bonds. The van der Waals surface area contributed by atoms with Crippen molar-refractivity contribution in [1.29, 1.82) is 5.26 Å². The number of nitriles is 1. The highest BCUT2D eigenvalue weighted by atomic mass is 19.4. The fourth-order valence-corrected chi connectivity index (χ4v) is 3.13. The molecule has 4 rings (SSSR count). The average molecular weight is 452 g/mol. The van der Waals surface area contributed by atoms with Gasteiger partial charge in [0.25, 0.3) is 0 Å². The summed E-state index contributed by atoms with van der Waals surface area (Å²) in [5, 5.41) is 18.5. The van der Waals surface area contributed by atoms with E-state index in [2.05, 4.69) is 20.7 Å². The zero-order valence-electron chi connectivity index (χ0n) is 17.0. The van der Waals surface area contributed by atoms with Gasteiger partial charge in [0, 0.05) is 30.4 Å². The van der Waals surface area contributed by atoms with Crippen LogP contribution in [-0.2, 0) is 13.2 Å². The SMILES string of the molecule is Cn1ncc2cc(NC(=O)Nc3ccc(Oc4ccnc(C#N)c4)cc3C(F)(F)F)ccc21. The number of anilines is 2. The van der Waals surface area contributed by atoms with Crippen LogP contribution in [0.1, 0.15) is 11.3 Å². The molecule has 0 saturated heterocycles. The highest BCUT2D eigenvalue weighted by Crippen LogP contribution is 2.38. The number of alkyl halides is 3. The Morgan fingerprint density at radius 3 is 2.64 bits per heavy atom. The molecule has 0 radical (unpaired) electrons. The van der Waals surface area contributed by atoms with Gasteiger partial charge in [0.05, 0.1) is 23.0 Å². The maximum absolute atomic E-state index is 13.7. The van der Waals surface area contributed by atoms with E-state index in [0.29, 0.717) is 5.69 Å². The van der Waals surface area contributed by atoms with Gasteiger partial charge in [-0.3, -0.25) is 4.68 Å². The van der Waals surface area contributed by atoms with E-state index in [0.717, 1.165) is 23.0 Å². The fraction of sp³-hybridized carbons (Fsp3) is 0.0909. The van der Waals surface area contributed by atoms with Gasteiger partial charge in [-0.2, -0.15) is 23.5 Å². The number of ether oxygens (including phenoxy) is 1. The molecule has 0 spiro atoms. The third kappa shape index (κ3) is 4.85. The van der Waals surface area contributed by atoms with Crippen LogP contribution >= 0.6 is 0 Å². The number of nitrogens with zero attached hydrogens (tertiary/aromatic N) is 4. The molecule has 2 N–H and O–H groups in total. The normalized spacial score (nSPS) is 11.1. The predicted molar refractivity (Wildman–Crippen MR) is 114 cm³/mol. The number of rotatable bonds is 4. The molecule has 2 aromatic carbocycles. The maximum atomic E-state index is 13.7. The maximum Gasteiger partial charge on any atom is 0.418 e. The highest BCUT2D eigenvalue weighted by Gasteiger charge is 2.34. The van der Waals surface area contributed by atoms with Crippen molar-refractivity contribution in [2.24, 2.45) is 7.05 Å². The number of aromatic nitrogens is 3. The van der Waals surface area contributed by atoms with Crippen molar-refractivity contribution in [3.05, 3.63) is 72.2 Å². The van der Waals surface area contributed by atoms with Crippen molar-refractivity contribution in [3.63, 3.8) is 0 Å². The molecule has 0 aliphatic heterocycles. The number of pyridine rings is 1. The molecule has 0 bridgehead atoms. The van der Waals surface area contributed by atoms with Gasteiger partial charge in [-0.05, 0) is 42.5 Å². The molecular formula is C22H15F3N6O2. The number of carbonyl (C=O) groups is 1. The van der Waals surface area contributed by atoms with Crippen LogP contribution < -0.4 is 15.4 Å². The van der Waals surface area contributed by atoms with Crippen molar-refractivity contribution < 1.29 is 22.7 Å².